The lowest BCUT2D eigenvalue weighted by Crippen LogP contribution is -2.35. The Kier molecular flexibility index (Phi) is 3.48. The van der Waals surface area contributed by atoms with Crippen molar-refractivity contribution in [1.82, 2.24) is 9.29 Å². The highest BCUT2D eigenvalue weighted by Crippen LogP contribution is 2.51. The summed E-state index contributed by atoms with van der Waals surface area (Å²) in [5.41, 5.74) is 1.43. The maximum Gasteiger partial charge on any atom is 0.128 e. The first-order chi connectivity index (χ1) is 9.13. The quantitative estimate of drug-likeness (QED) is 0.851. The van der Waals surface area contributed by atoms with E-state index in [0.717, 1.165) is 23.6 Å². The van der Waals surface area contributed by atoms with E-state index < -0.39 is 11.0 Å². The van der Waals surface area contributed by atoms with Crippen LogP contribution in [-0.4, -0.2) is 26.1 Å². The van der Waals surface area contributed by atoms with Crippen LogP contribution >= 0.6 is 0 Å². The van der Waals surface area contributed by atoms with Crippen LogP contribution in [0.25, 0.3) is 0 Å². The van der Waals surface area contributed by atoms with Crippen LogP contribution in [0.15, 0.2) is 23.2 Å². The van der Waals surface area contributed by atoms with Crippen LogP contribution in [0.4, 0.5) is 0 Å². The standard InChI is InChI=1S/C15H22N2OS/c1-3-13-10-15(6-4-7-15)11-17(13)19(18)14-5-8-16-12(2)9-14/h5,8-9,13H,3-4,6-7,10-11H2,1-2H3. The maximum atomic E-state index is 12.8. The van der Waals surface area contributed by atoms with E-state index in [-0.39, 0.29) is 0 Å². The van der Waals surface area contributed by atoms with E-state index in [4.69, 9.17) is 0 Å². The number of rotatable bonds is 3. The number of nitrogens with zero attached hydrogens (tertiary/aromatic N) is 2. The Balaban J connectivity index is 1.82. The molecule has 0 radical (unpaired) electrons. The lowest BCUT2D eigenvalue weighted by atomic mass is 9.67. The molecule has 1 spiro atoms. The molecule has 2 fully saturated rings. The van der Waals surface area contributed by atoms with Gasteiger partial charge in [0, 0.05) is 24.5 Å². The van der Waals surface area contributed by atoms with Crippen LogP contribution in [0.3, 0.4) is 0 Å². The van der Waals surface area contributed by atoms with Gasteiger partial charge in [-0.25, -0.2) is 8.51 Å². The monoisotopic (exact) mass is 278 g/mol. The first-order valence-electron chi connectivity index (χ1n) is 7.25. The topological polar surface area (TPSA) is 33.2 Å². The van der Waals surface area contributed by atoms with Gasteiger partial charge in [0.25, 0.3) is 0 Å². The van der Waals surface area contributed by atoms with E-state index >= 15 is 0 Å². The molecule has 2 heterocycles. The van der Waals surface area contributed by atoms with Crippen molar-refractivity contribution in [3.63, 3.8) is 0 Å². The number of aryl methyl sites for hydroxylation is 1. The Hall–Kier alpha value is -0.740. The average molecular weight is 278 g/mol. The molecule has 0 amide bonds. The fourth-order valence-corrected chi connectivity index (χ4v) is 5.08. The molecular weight excluding hydrogens is 256 g/mol. The van der Waals surface area contributed by atoms with Crippen molar-refractivity contribution in [3.8, 4) is 0 Å². The predicted molar refractivity (Wildman–Crippen MR) is 77.1 cm³/mol. The third-order valence-electron chi connectivity index (χ3n) is 4.74. The Morgan fingerprint density at radius 2 is 2.32 bits per heavy atom. The van der Waals surface area contributed by atoms with Crippen molar-refractivity contribution in [1.29, 1.82) is 0 Å². The molecule has 2 atom stereocenters. The second kappa shape index (κ2) is 4.98. The highest BCUT2D eigenvalue weighted by molar-refractivity contribution is 7.82. The summed E-state index contributed by atoms with van der Waals surface area (Å²) in [6, 6.07) is 4.32. The number of hydrogen-bond donors (Lipinski definition) is 0. The lowest BCUT2D eigenvalue weighted by Gasteiger charge is -2.38. The second-order valence-electron chi connectivity index (χ2n) is 6.08. The van der Waals surface area contributed by atoms with Gasteiger partial charge in [-0.1, -0.05) is 13.3 Å². The van der Waals surface area contributed by atoms with Crippen LogP contribution in [-0.2, 0) is 11.0 Å². The smallest absolute Gasteiger partial charge is 0.128 e. The molecular formula is C15H22N2OS. The van der Waals surface area contributed by atoms with E-state index in [1.807, 2.05) is 19.1 Å². The van der Waals surface area contributed by atoms with Gasteiger partial charge in [-0.2, -0.15) is 0 Å². The summed E-state index contributed by atoms with van der Waals surface area (Å²) in [4.78, 5) is 5.10. The Morgan fingerprint density at radius 3 is 2.89 bits per heavy atom. The Morgan fingerprint density at radius 1 is 1.53 bits per heavy atom. The van der Waals surface area contributed by atoms with Crippen LogP contribution in [0.1, 0.15) is 44.7 Å². The maximum absolute atomic E-state index is 12.8. The number of hydrogen-bond acceptors (Lipinski definition) is 2. The van der Waals surface area contributed by atoms with Crippen LogP contribution < -0.4 is 0 Å². The minimum atomic E-state index is -1.02. The fraction of sp³-hybridized carbons (Fsp3) is 0.667. The molecule has 104 valence electrons. The molecule has 4 heteroatoms. The minimum Gasteiger partial charge on any atom is -0.262 e. The van der Waals surface area contributed by atoms with Crippen molar-refractivity contribution in [2.45, 2.75) is 56.9 Å². The largest absolute Gasteiger partial charge is 0.262 e. The molecule has 1 aliphatic carbocycles. The molecule has 0 N–H and O–H groups in total. The summed E-state index contributed by atoms with van der Waals surface area (Å²) in [5, 5.41) is 0. The predicted octanol–water partition coefficient (Wildman–Crippen LogP) is 3.07. The Bertz CT molecular complexity index is 499. The SMILES string of the molecule is CCC1CC2(CCC2)CN1S(=O)c1ccnc(C)c1. The fourth-order valence-electron chi connectivity index (χ4n) is 3.47. The summed E-state index contributed by atoms with van der Waals surface area (Å²) >= 11 is 0. The third-order valence-corrected chi connectivity index (χ3v) is 6.25. The Labute approximate surface area is 118 Å². The zero-order valence-electron chi connectivity index (χ0n) is 11.8. The molecule has 2 unspecified atom stereocenters. The van der Waals surface area contributed by atoms with E-state index in [0.29, 0.717) is 11.5 Å². The van der Waals surface area contributed by atoms with E-state index in [1.165, 1.54) is 25.7 Å². The van der Waals surface area contributed by atoms with Gasteiger partial charge >= 0.3 is 0 Å². The molecule has 3 nitrogen and oxygen atoms in total. The molecule has 1 aliphatic heterocycles. The van der Waals surface area contributed by atoms with E-state index in [9.17, 15) is 4.21 Å². The minimum absolute atomic E-state index is 0.481. The molecule has 1 aromatic heterocycles. The lowest BCUT2D eigenvalue weighted by molar-refractivity contribution is 0.153. The average Bonchev–Trinajstić information content (AvgIpc) is 2.78. The highest BCUT2D eigenvalue weighted by Gasteiger charge is 2.48. The van der Waals surface area contributed by atoms with Gasteiger partial charge in [0.2, 0.25) is 0 Å². The molecule has 19 heavy (non-hydrogen) atoms. The van der Waals surface area contributed by atoms with Crippen LogP contribution in [0.2, 0.25) is 0 Å². The van der Waals surface area contributed by atoms with Crippen molar-refractivity contribution in [3.05, 3.63) is 24.0 Å². The van der Waals surface area contributed by atoms with Gasteiger partial charge < -0.3 is 0 Å². The molecule has 1 saturated heterocycles. The van der Waals surface area contributed by atoms with Crippen LogP contribution in [0, 0.1) is 12.3 Å². The molecule has 1 saturated carbocycles. The van der Waals surface area contributed by atoms with E-state index in [1.54, 1.807) is 6.20 Å². The van der Waals surface area contributed by atoms with Gasteiger partial charge in [-0.3, -0.25) is 4.98 Å². The third kappa shape index (κ3) is 2.36. The number of aromatic nitrogens is 1. The first kappa shape index (κ1) is 13.3. The first-order valence-corrected chi connectivity index (χ1v) is 8.35. The molecule has 3 rings (SSSR count). The molecule has 0 bridgehead atoms. The number of pyridine rings is 1. The second-order valence-corrected chi connectivity index (χ2v) is 7.52. The normalized spacial score (nSPS) is 27.4. The summed E-state index contributed by atoms with van der Waals surface area (Å²) in [6.07, 6.45) is 8.10. The van der Waals surface area contributed by atoms with Crippen molar-refractivity contribution in [2.75, 3.05) is 6.54 Å². The van der Waals surface area contributed by atoms with Crippen molar-refractivity contribution >= 4 is 11.0 Å². The summed E-state index contributed by atoms with van der Waals surface area (Å²) in [7, 11) is -1.02. The molecule has 2 aliphatic rings. The van der Waals surface area contributed by atoms with E-state index in [2.05, 4.69) is 16.2 Å². The van der Waals surface area contributed by atoms with Gasteiger partial charge in [0.1, 0.15) is 11.0 Å². The molecule has 0 aromatic carbocycles. The molecule has 1 aromatic rings. The van der Waals surface area contributed by atoms with Gasteiger partial charge in [-0.15, -0.1) is 0 Å². The summed E-state index contributed by atoms with van der Waals surface area (Å²) in [5.74, 6) is 0. The summed E-state index contributed by atoms with van der Waals surface area (Å²) < 4.78 is 15.0. The van der Waals surface area contributed by atoms with Crippen molar-refractivity contribution in [2.24, 2.45) is 5.41 Å². The summed E-state index contributed by atoms with van der Waals surface area (Å²) in [6.45, 7) is 5.18. The van der Waals surface area contributed by atoms with Gasteiger partial charge in [0.05, 0.1) is 4.90 Å². The van der Waals surface area contributed by atoms with Crippen molar-refractivity contribution < 1.29 is 4.21 Å². The zero-order valence-corrected chi connectivity index (χ0v) is 12.6. The zero-order chi connectivity index (χ0) is 13.5. The van der Waals surface area contributed by atoms with Gasteiger partial charge in [-0.05, 0) is 50.2 Å². The van der Waals surface area contributed by atoms with Gasteiger partial charge in [0.15, 0.2) is 0 Å². The highest BCUT2D eigenvalue weighted by atomic mass is 32.2. The van der Waals surface area contributed by atoms with Crippen LogP contribution in [0.5, 0.6) is 0 Å².